The summed E-state index contributed by atoms with van der Waals surface area (Å²) in [5.74, 6) is 0.781. The number of ether oxygens (including phenoxy) is 1. The van der Waals surface area contributed by atoms with Gasteiger partial charge in [0, 0.05) is 12.6 Å². The molecule has 1 fully saturated rings. The highest BCUT2D eigenvalue weighted by molar-refractivity contribution is 4.72. The van der Waals surface area contributed by atoms with Crippen LogP contribution in [-0.2, 0) is 4.74 Å². The summed E-state index contributed by atoms with van der Waals surface area (Å²) in [7, 11) is 0. The number of unbranched alkanes of at least 4 members (excludes halogenated alkanes) is 1. The minimum atomic E-state index is 0.550. The first-order valence-electron chi connectivity index (χ1n) is 8.09. The number of hydrogen-bond acceptors (Lipinski definition) is 2. The molecule has 1 aliphatic rings. The quantitative estimate of drug-likeness (QED) is 0.625. The lowest BCUT2D eigenvalue weighted by atomic mass is 9.88. The number of hydrogen-bond donors (Lipinski definition) is 1. The summed E-state index contributed by atoms with van der Waals surface area (Å²) < 4.78 is 6.04. The highest BCUT2D eigenvalue weighted by Crippen LogP contribution is 2.26. The van der Waals surface area contributed by atoms with Crippen LogP contribution in [0.1, 0.15) is 72.1 Å². The SMILES string of the molecule is CCCNC(C)CCCCOC1CCCCC1C. The first-order valence-corrected chi connectivity index (χ1v) is 8.09. The Hall–Kier alpha value is -0.0800. The van der Waals surface area contributed by atoms with Crippen molar-refractivity contribution in [3.8, 4) is 0 Å². The summed E-state index contributed by atoms with van der Waals surface area (Å²) in [5, 5.41) is 3.54. The van der Waals surface area contributed by atoms with Gasteiger partial charge in [-0.05, 0) is 57.9 Å². The second kappa shape index (κ2) is 9.80. The Balaban J connectivity index is 1.94. The van der Waals surface area contributed by atoms with Crippen LogP contribution < -0.4 is 5.32 Å². The molecule has 0 aromatic rings. The Labute approximate surface area is 114 Å². The van der Waals surface area contributed by atoms with Gasteiger partial charge in [-0.3, -0.25) is 0 Å². The monoisotopic (exact) mass is 255 g/mol. The van der Waals surface area contributed by atoms with Crippen molar-refractivity contribution in [3.05, 3.63) is 0 Å². The van der Waals surface area contributed by atoms with Crippen LogP contribution in [0.4, 0.5) is 0 Å². The maximum atomic E-state index is 6.04. The van der Waals surface area contributed by atoms with E-state index in [-0.39, 0.29) is 0 Å². The van der Waals surface area contributed by atoms with Gasteiger partial charge >= 0.3 is 0 Å². The predicted octanol–water partition coefficient (Wildman–Crippen LogP) is 4.14. The van der Waals surface area contributed by atoms with E-state index in [9.17, 15) is 0 Å². The third-order valence-electron chi connectivity index (χ3n) is 4.14. The van der Waals surface area contributed by atoms with Crippen molar-refractivity contribution in [1.82, 2.24) is 5.32 Å². The molecule has 18 heavy (non-hydrogen) atoms. The highest BCUT2D eigenvalue weighted by Gasteiger charge is 2.21. The fourth-order valence-corrected chi connectivity index (χ4v) is 2.81. The molecule has 3 unspecified atom stereocenters. The Morgan fingerprint density at radius 3 is 2.72 bits per heavy atom. The highest BCUT2D eigenvalue weighted by atomic mass is 16.5. The zero-order valence-corrected chi connectivity index (χ0v) is 12.7. The van der Waals surface area contributed by atoms with Crippen LogP contribution in [0.3, 0.4) is 0 Å². The summed E-state index contributed by atoms with van der Waals surface area (Å²) in [6.07, 6.45) is 11.0. The van der Waals surface area contributed by atoms with Gasteiger partial charge < -0.3 is 10.1 Å². The molecule has 3 atom stereocenters. The van der Waals surface area contributed by atoms with Gasteiger partial charge in [-0.25, -0.2) is 0 Å². The zero-order valence-electron chi connectivity index (χ0n) is 12.7. The van der Waals surface area contributed by atoms with Crippen molar-refractivity contribution >= 4 is 0 Å². The fraction of sp³-hybridized carbons (Fsp3) is 1.00. The van der Waals surface area contributed by atoms with Gasteiger partial charge in [0.15, 0.2) is 0 Å². The van der Waals surface area contributed by atoms with Crippen LogP contribution in [0.15, 0.2) is 0 Å². The van der Waals surface area contributed by atoms with E-state index < -0.39 is 0 Å². The molecule has 2 nitrogen and oxygen atoms in total. The van der Waals surface area contributed by atoms with E-state index in [4.69, 9.17) is 4.74 Å². The second-order valence-electron chi connectivity index (χ2n) is 6.02. The van der Waals surface area contributed by atoms with E-state index in [0.29, 0.717) is 12.1 Å². The molecule has 0 bridgehead atoms. The molecule has 0 amide bonds. The minimum Gasteiger partial charge on any atom is -0.378 e. The first kappa shape index (κ1) is 16.0. The summed E-state index contributed by atoms with van der Waals surface area (Å²) in [4.78, 5) is 0. The molecule has 0 saturated heterocycles. The fourth-order valence-electron chi connectivity index (χ4n) is 2.81. The molecular weight excluding hydrogens is 222 g/mol. The molecule has 0 aliphatic heterocycles. The maximum absolute atomic E-state index is 6.04. The Morgan fingerprint density at radius 1 is 1.22 bits per heavy atom. The molecule has 0 heterocycles. The van der Waals surface area contributed by atoms with Crippen molar-refractivity contribution in [3.63, 3.8) is 0 Å². The average molecular weight is 255 g/mol. The van der Waals surface area contributed by atoms with E-state index in [1.807, 2.05) is 0 Å². The van der Waals surface area contributed by atoms with Crippen molar-refractivity contribution in [1.29, 1.82) is 0 Å². The number of rotatable bonds is 9. The van der Waals surface area contributed by atoms with Crippen LogP contribution in [0, 0.1) is 5.92 Å². The second-order valence-corrected chi connectivity index (χ2v) is 6.02. The third-order valence-corrected chi connectivity index (χ3v) is 4.14. The molecular formula is C16H33NO. The molecule has 0 aromatic carbocycles. The summed E-state index contributed by atoms with van der Waals surface area (Å²) in [6, 6.07) is 0.665. The minimum absolute atomic E-state index is 0.550. The van der Waals surface area contributed by atoms with E-state index >= 15 is 0 Å². The van der Waals surface area contributed by atoms with Crippen LogP contribution in [0.2, 0.25) is 0 Å². The van der Waals surface area contributed by atoms with Crippen molar-refractivity contribution in [2.45, 2.75) is 84.3 Å². The summed E-state index contributed by atoms with van der Waals surface area (Å²) in [6.45, 7) is 8.98. The molecule has 0 spiro atoms. The van der Waals surface area contributed by atoms with E-state index in [2.05, 4.69) is 26.1 Å². The van der Waals surface area contributed by atoms with Crippen molar-refractivity contribution in [2.24, 2.45) is 5.92 Å². The summed E-state index contributed by atoms with van der Waals surface area (Å²) >= 11 is 0. The van der Waals surface area contributed by atoms with Crippen molar-refractivity contribution in [2.75, 3.05) is 13.2 Å². The van der Waals surface area contributed by atoms with E-state index in [1.165, 1.54) is 51.4 Å². The zero-order chi connectivity index (χ0) is 13.2. The van der Waals surface area contributed by atoms with Gasteiger partial charge in [-0.15, -0.1) is 0 Å². The topological polar surface area (TPSA) is 21.3 Å². The third kappa shape index (κ3) is 6.75. The predicted molar refractivity (Wildman–Crippen MR) is 79.0 cm³/mol. The van der Waals surface area contributed by atoms with E-state index in [0.717, 1.165) is 19.1 Å². The van der Waals surface area contributed by atoms with Gasteiger partial charge in [0.2, 0.25) is 0 Å². The van der Waals surface area contributed by atoms with Gasteiger partial charge in [-0.2, -0.15) is 0 Å². The van der Waals surface area contributed by atoms with Crippen LogP contribution in [0.25, 0.3) is 0 Å². The maximum Gasteiger partial charge on any atom is 0.0600 e. The average Bonchev–Trinajstić information content (AvgIpc) is 2.38. The Kier molecular flexibility index (Phi) is 8.70. The molecule has 2 heteroatoms. The van der Waals surface area contributed by atoms with Gasteiger partial charge in [0.25, 0.3) is 0 Å². The molecule has 0 aromatic heterocycles. The van der Waals surface area contributed by atoms with Crippen LogP contribution in [-0.4, -0.2) is 25.3 Å². The normalized spacial score (nSPS) is 26.2. The molecule has 108 valence electrons. The Morgan fingerprint density at radius 2 is 2.00 bits per heavy atom. The summed E-state index contributed by atoms with van der Waals surface area (Å²) in [5.41, 5.74) is 0. The number of nitrogens with one attached hydrogen (secondary N) is 1. The molecule has 1 rings (SSSR count). The first-order chi connectivity index (χ1) is 8.74. The lowest BCUT2D eigenvalue weighted by Crippen LogP contribution is -2.27. The molecule has 1 saturated carbocycles. The van der Waals surface area contributed by atoms with E-state index in [1.54, 1.807) is 0 Å². The lowest BCUT2D eigenvalue weighted by Gasteiger charge is -2.28. The van der Waals surface area contributed by atoms with Crippen LogP contribution in [0.5, 0.6) is 0 Å². The molecule has 1 aliphatic carbocycles. The lowest BCUT2D eigenvalue weighted by molar-refractivity contribution is -0.00666. The van der Waals surface area contributed by atoms with Crippen molar-refractivity contribution < 1.29 is 4.74 Å². The van der Waals surface area contributed by atoms with Gasteiger partial charge in [0.05, 0.1) is 6.10 Å². The van der Waals surface area contributed by atoms with Crippen LogP contribution >= 0.6 is 0 Å². The standard InChI is InChI=1S/C16H33NO/c1-4-12-17-15(3)10-7-8-13-18-16-11-6-5-9-14(16)2/h14-17H,4-13H2,1-3H3. The molecule has 1 N–H and O–H groups in total. The Bertz CT molecular complexity index is 196. The smallest absolute Gasteiger partial charge is 0.0600 e. The largest absolute Gasteiger partial charge is 0.378 e. The molecule has 0 radical (unpaired) electrons. The van der Waals surface area contributed by atoms with Gasteiger partial charge in [-0.1, -0.05) is 26.7 Å². The van der Waals surface area contributed by atoms with Gasteiger partial charge in [0.1, 0.15) is 0 Å².